The summed E-state index contributed by atoms with van der Waals surface area (Å²) in [4.78, 5) is 45.0. The zero-order chi connectivity index (χ0) is 23.4. The van der Waals surface area contributed by atoms with Crippen molar-refractivity contribution in [2.75, 3.05) is 20.0 Å². The number of primary amides is 1. The Hall–Kier alpha value is -3.47. The van der Waals surface area contributed by atoms with Gasteiger partial charge < -0.3 is 19.8 Å². The molecule has 1 aromatic carbocycles. The van der Waals surface area contributed by atoms with Crippen molar-refractivity contribution in [1.29, 1.82) is 0 Å². The molecule has 168 valence electrons. The minimum Gasteiger partial charge on any atom is -0.466 e. The number of hydrogen-bond acceptors (Lipinski definition) is 8. The van der Waals surface area contributed by atoms with E-state index in [-0.39, 0.29) is 23.4 Å². The molecule has 9 nitrogen and oxygen atoms in total. The minimum absolute atomic E-state index is 0.000998. The molecule has 0 saturated carbocycles. The van der Waals surface area contributed by atoms with E-state index < -0.39 is 30.1 Å². The molecule has 32 heavy (non-hydrogen) atoms. The number of nitrogens with zero attached hydrogens (tertiary/aromatic N) is 3. The smallest absolute Gasteiger partial charge is 0.343 e. The molecule has 0 aliphatic heterocycles. The lowest BCUT2D eigenvalue weighted by Crippen LogP contribution is -2.24. The SMILES string of the molecule is CCc1c(C(=O)C(N)=O)c2c(OCC(=O)OC)nc(SC)nc2n1Cc1cccc(F)c1. The molecule has 1 amide bonds. The Kier molecular flexibility index (Phi) is 7.08. The number of thioether (sulfide) groups is 1. The Bertz CT molecular complexity index is 1210. The standard InChI is InChI=1S/C21H21FN4O5S/c1-4-13-15(17(28)18(23)29)16-19(26(13)9-11-6-5-7-12(22)8-11)24-21(32-3)25-20(16)31-10-14(27)30-2/h5-8H,4,9-10H2,1-3H3,(H2,23,29). The average molecular weight is 460 g/mol. The van der Waals surface area contributed by atoms with Crippen LogP contribution in [0, 0.1) is 5.82 Å². The van der Waals surface area contributed by atoms with E-state index in [4.69, 9.17) is 10.5 Å². The van der Waals surface area contributed by atoms with Crippen molar-refractivity contribution in [2.45, 2.75) is 25.0 Å². The molecule has 0 fully saturated rings. The number of ketones is 1. The molecular weight excluding hydrogens is 439 g/mol. The maximum absolute atomic E-state index is 13.8. The number of hydrogen-bond donors (Lipinski definition) is 1. The highest BCUT2D eigenvalue weighted by Crippen LogP contribution is 2.34. The number of carbonyl (C=O) groups is 3. The summed E-state index contributed by atoms with van der Waals surface area (Å²) < 4.78 is 25.6. The molecule has 3 aromatic rings. The largest absolute Gasteiger partial charge is 0.466 e. The first-order valence-corrected chi connectivity index (χ1v) is 10.8. The number of nitrogens with two attached hydrogens (primary N) is 1. The molecule has 2 N–H and O–H groups in total. The Morgan fingerprint density at radius 2 is 2.00 bits per heavy atom. The number of rotatable bonds is 9. The normalized spacial score (nSPS) is 10.9. The Morgan fingerprint density at radius 1 is 1.25 bits per heavy atom. The molecule has 0 unspecified atom stereocenters. The molecule has 2 heterocycles. The van der Waals surface area contributed by atoms with Crippen LogP contribution in [0.25, 0.3) is 11.0 Å². The van der Waals surface area contributed by atoms with E-state index in [0.29, 0.717) is 28.5 Å². The predicted molar refractivity (Wildman–Crippen MR) is 115 cm³/mol. The number of esters is 1. The van der Waals surface area contributed by atoms with Crippen molar-refractivity contribution in [3.05, 3.63) is 46.9 Å². The molecule has 0 aliphatic carbocycles. The van der Waals surface area contributed by atoms with Gasteiger partial charge in [0, 0.05) is 12.2 Å². The molecule has 11 heteroatoms. The second-order valence-corrected chi connectivity index (χ2v) is 7.44. The Labute approximate surface area is 187 Å². The first-order chi connectivity index (χ1) is 15.3. The second-order valence-electron chi connectivity index (χ2n) is 6.66. The summed E-state index contributed by atoms with van der Waals surface area (Å²) in [6, 6.07) is 6.00. The van der Waals surface area contributed by atoms with Crippen LogP contribution in [0.3, 0.4) is 0 Å². The van der Waals surface area contributed by atoms with Gasteiger partial charge in [0.25, 0.3) is 11.7 Å². The van der Waals surface area contributed by atoms with Crippen LogP contribution >= 0.6 is 11.8 Å². The Balaban J connectivity index is 2.32. The summed E-state index contributed by atoms with van der Waals surface area (Å²) in [5.41, 5.74) is 6.69. The summed E-state index contributed by atoms with van der Waals surface area (Å²) in [7, 11) is 1.21. The average Bonchev–Trinajstić information content (AvgIpc) is 3.09. The lowest BCUT2D eigenvalue weighted by atomic mass is 10.1. The quantitative estimate of drug-likeness (QED) is 0.169. The summed E-state index contributed by atoms with van der Waals surface area (Å²) in [6.45, 7) is 1.51. The Morgan fingerprint density at radius 3 is 2.59 bits per heavy atom. The highest BCUT2D eigenvalue weighted by Gasteiger charge is 2.30. The van der Waals surface area contributed by atoms with Gasteiger partial charge in [0.15, 0.2) is 11.8 Å². The van der Waals surface area contributed by atoms with E-state index in [0.717, 1.165) is 0 Å². The van der Waals surface area contributed by atoms with E-state index in [1.807, 2.05) is 0 Å². The van der Waals surface area contributed by atoms with Crippen molar-refractivity contribution >= 4 is 40.5 Å². The number of methoxy groups -OCH3 is 1. The summed E-state index contributed by atoms with van der Waals surface area (Å²) in [5, 5.41) is 0.472. The van der Waals surface area contributed by atoms with Crippen LogP contribution in [0.5, 0.6) is 5.88 Å². The van der Waals surface area contributed by atoms with Gasteiger partial charge in [0.2, 0.25) is 5.88 Å². The monoisotopic (exact) mass is 460 g/mol. The van der Waals surface area contributed by atoms with Crippen LogP contribution in [-0.2, 0) is 27.3 Å². The maximum atomic E-state index is 13.8. The lowest BCUT2D eigenvalue weighted by Gasteiger charge is -2.11. The van der Waals surface area contributed by atoms with E-state index in [9.17, 15) is 18.8 Å². The van der Waals surface area contributed by atoms with Gasteiger partial charge >= 0.3 is 5.97 Å². The van der Waals surface area contributed by atoms with Gasteiger partial charge in [0.1, 0.15) is 11.5 Å². The molecule has 3 rings (SSSR count). The first-order valence-electron chi connectivity index (χ1n) is 9.55. The summed E-state index contributed by atoms with van der Waals surface area (Å²) in [6.07, 6.45) is 2.09. The third-order valence-corrected chi connectivity index (χ3v) is 5.26. The highest BCUT2D eigenvalue weighted by molar-refractivity contribution is 7.98. The van der Waals surface area contributed by atoms with Crippen molar-refractivity contribution < 1.29 is 28.2 Å². The number of Topliss-reactive ketones (excluding diaryl/α,β-unsaturated/α-hetero) is 1. The van der Waals surface area contributed by atoms with Crippen LogP contribution in [0.4, 0.5) is 4.39 Å². The minimum atomic E-state index is -1.16. The third kappa shape index (κ3) is 4.57. The zero-order valence-corrected chi connectivity index (χ0v) is 18.5. The van der Waals surface area contributed by atoms with Crippen LogP contribution in [0.2, 0.25) is 0 Å². The van der Waals surface area contributed by atoms with Crippen molar-refractivity contribution in [2.24, 2.45) is 5.73 Å². The fraction of sp³-hybridized carbons (Fsp3) is 0.286. The zero-order valence-electron chi connectivity index (χ0n) is 17.7. The third-order valence-electron chi connectivity index (χ3n) is 4.71. The summed E-state index contributed by atoms with van der Waals surface area (Å²) in [5.74, 6) is -3.21. The molecule has 0 atom stereocenters. The molecule has 0 saturated heterocycles. The molecule has 0 radical (unpaired) electrons. The van der Waals surface area contributed by atoms with Gasteiger partial charge in [-0.2, -0.15) is 4.98 Å². The maximum Gasteiger partial charge on any atom is 0.343 e. The van der Waals surface area contributed by atoms with Gasteiger partial charge in [0.05, 0.1) is 18.1 Å². The van der Waals surface area contributed by atoms with Crippen molar-refractivity contribution in [1.82, 2.24) is 14.5 Å². The molecule has 2 aromatic heterocycles. The topological polar surface area (TPSA) is 126 Å². The number of fused-ring (bicyclic) bond motifs is 1. The number of carbonyl (C=O) groups excluding carboxylic acids is 3. The van der Waals surface area contributed by atoms with Crippen LogP contribution in [-0.4, -0.2) is 52.2 Å². The van der Waals surface area contributed by atoms with Gasteiger partial charge in [-0.15, -0.1) is 0 Å². The second kappa shape index (κ2) is 9.77. The highest BCUT2D eigenvalue weighted by atomic mass is 32.2. The van der Waals surface area contributed by atoms with Gasteiger partial charge in [-0.1, -0.05) is 30.8 Å². The molecule has 0 aliphatic rings. The lowest BCUT2D eigenvalue weighted by molar-refractivity contribution is -0.143. The van der Waals surface area contributed by atoms with Crippen LogP contribution < -0.4 is 10.5 Å². The number of halogens is 1. The van der Waals surface area contributed by atoms with E-state index in [2.05, 4.69) is 14.7 Å². The van der Waals surface area contributed by atoms with E-state index in [1.165, 1.54) is 31.0 Å². The number of ether oxygens (including phenoxy) is 2. The molecule has 0 spiro atoms. The van der Waals surface area contributed by atoms with Gasteiger partial charge in [-0.3, -0.25) is 9.59 Å². The number of amides is 1. The fourth-order valence-corrected chi connectivity index (χ4v) is 3.69. The summed E-state index contributed by atoms with van der Waals surface area (Å²) >= 11 is 1.22. The van der Waals surface area contributed by atoms with Crippen LogP contribution in [0.1, 0.15) is 28.5 Å². The van der Waals surface area contributed by atoms with E-state index in [1.54, 1.807) is 29.9 Å². The number of benzene rings is 1. The van der Waals surface area contributed by atoms with Crippen molar-refractivity contribution in [3.63, 3.8) is 0 Å². The fourth-order valence-electron chi connectivity index (χ4n) is 3.34. The number of aromatic nitrogens is 3. The predicted octanol–water partition coefficient (Wildman–Crippen LogP) is 2.12. The molecular formula is C21H21FN4O5S. The van der Waals surface area contributed by atoms with Gasteiger partial charge in [-0.25, -0.2) is 14.2 Å². The van der Waals surface area contributed by atoms with Gasteiger partial charge in [-0.05, 0) is 30.4 Å². The van der Waals surface area contributed by atoms with E-state index >= 15 is 0 Å². The first kappa shape index (κ1) is 23.2. The van der Waals surface area contributed by atoms with Crippen molar-refractivity contribution in [3.8, 4) is 5.88 Å². The van der Waals surface area contributed by atoms with Crippen LogP contribution in [0.15, 0.2) is 29.4 Å². The molecule has 0 bridgehead atoms.